The lowest BCUT2D eigenvalue weighted by Gasteiger charge is -2.08. The first-order valence-electron chi connectivity index (χ1n) is 4.66. The number of hydrogen-bond acceptors (Lipinski definition) is 5. The molecule has 0 aliphatic heterocycles. The lowest BCUT2D eigenvalue weighted by molar-refractivity contribution is -0.137. The van der Waals surface area contributed by atoms with Crippen LogP contribution < -0.4 is 5.32 Å². The highest BCUT2D eigenvalue weighted by molar-refractivity contribution is 7.80. The van der Waals surface area contributed by atoms with Crippen LogP contribution in [0.3, 0.4) is 0 Å². The van der Waals surface area contributed by atoms with Crippen molar-refractivity contribution in [3.05, 3.63) is 24.3 Å². The Morgan fingerprint density at radius 1 is 1.56 bits per heavy atom. The van der Waals surface area contributed by atoms with Gasteiger partial charge >= 0.3 is 5.97 Å². The minimum atomic E-state index is -0.989. The molecular weight excluding hydrogens is 228 g/mol. The third-order valence-corrected chi connectivity index (χ3v) is 2.44. The van der Waals surface area contributed by atoms with Crippen molar-refractivity contribution in [1.82, 2.24) is 4.98 Å². The van der Waals surface area contributed by atoms with Crippen LogP contribution in [0.5, 0.6) is 0 Å². The van der Waals surface area contributed by atoms with Gasteiger partial charge in [0.25, 0.3) is 6.01 Å². The summed E-state index contributed by atoms with van der Waals surface area (Å²) in [5.74, 6) is -0.828. The molecule has 6 heteroatoms. The molecule has 0 amide bonds. The van der Waals surface area contributed by atoms with Crippen molar-refractivity contribution in [3.63, 3.8) is 0 Å². The number of carbonyl (C=O) groups is 1. The largest absolute Gasteiger partial charge is 0.480 e. The fourth-order valence-electron chi connectivity index (χ4n) is 1.27. The van der Waals surface area contributed by atoms with Crippen LogP contribution >= 0.6 is 12.6 Å². The molecule has 0 spiro atoms. The molecule has 2 rings (SSSR count). The van der Waals surface area contributed by atoms with Gasteiger partial charge in [0.05, 0.1) is 0 Å². The number of anilines is 1. The summed E-state index contributed by atoms with van der Waals surface area (Å²) in [5.41, 5.74) is 1.31. The van der Waals surface area contributed by atoms with Crippen molar-refractivity contribution < 1.29 is 14.3 Å². The fourth-order valence-corrected chi connectivity index (χ4v) is 1.52. The maximum Gasteiger partial charge on any atom is 0.327 e. The molecule has 0 aliphatic rings. The summed E-state index contributed by atoms with van der Waals surface area (Å²) in [6.45, 7) is 0. The summed E-state index contributed by atoms with van der Waals surface area (Å²) in [6, 6.07) is 6.61. The summed E-state index contributed by atoms with van der Waals surface area (Å²) in [4.78, 5) is 14.9. The second-order valence-electron chi connectivity index (χ2n) is 3.20. The number of nitrogens with one attached hydrogen (secondary N) is 1. The Bertz CT molecular complexity index is 478. The summed E-state index contributed by atoms with van der Waals surface area (Å²) >= 11 is 3.94. The quantitative estimate of drug-likeness (QED) is 0.706. The Hall–Kier alpha value is -1.69. The SMILES string of the molecule is O=C(O)C(CS)Nc1nc2ccccc2o1. The lowest BCUT2D eigenvalue weighted by Crippen LogP contribution is -2.30. The van der Waals surface area contributed by atoms with Crippen LogP contribution in [0.4, 0.5) is 6.01 Å². The molecule has 0 radical (unpaired) electrons. The van der Waals surface area contributed by atoms with Gasteiger partial charge in [0, 0.05) is 5.75 Å². The van der Waals surface area contributed by atoms with Crippen LogP contribution in [0.25, 0.3) is 11.1 Å². The van der Waals surface area contributed by atoms with Gasteiger partial charge in [-0.25, -0.2) is 4.79 Å². The van der Waals surface area contributed by atoms with Crippen molar-refractivity contribution in [3.8, 4) is 0 Å². The minimum Gasteiger partial charge on any atom is -0.480 e. The Kier molecular flexibility index (Phi) is 3.00. The molecule has 1 unspecified atom stereocenters. The normalized spacial score (nSPS) is 12.6. The summed E-state index contributed by atoms with van der Waals surface area (Å²) in [7, 11) is 0. The van der Waals surface area contributed by atoms with E-state index in [1.54, 1.807) is 12.1 Å². The zero-order valence-electron chi connectivity index (χ0n) is 8.25. The number of hydrogen-bond donors (Lipinski definition) is 3. The fraction of sp³-hybridized carbons (Fsp3) is 0.200. The van der Waals surface area contributed by atoms with E-state index < -0.39 is 12.0 Å². The third kappa shape index (κ3) is 2.11. The van der Waals surface area contributed by atoms with Crippen molar-refractivity contribution in [1.29, 1.82) is 0 Å². The van der Waals surface area contributed by atoms with Gasteiger partial charge in [0.1, 0.15) is 11.6 Å². The van der Waals surface area contributed by atoms with E-state index in [1.807, 2.05) is 12.1 Å². The first-order chi connectivity index (χ1) is 7.70. The number of oxazole rings is 1. The van der Waals surface area contributed by atoms with Gasteiger partial charge in [0.2, 0.25) is 0 Å². The first-order valence-corrected chi connectivity index (χ1v) is 5.29. The average molecular weight is 238 g/mol. The Labute approximate surface area is 96.9 Å². The molecule has 1 atom stereocenters. The van der Waals surface area contributed by atoms with E-state index in [-0.39, 0.29) is 11.8 Å². The number of benzene rings is 1. The summed E-state index contributed by atoms with van der Waals surface area (Å²) in [6.07, 6.45) is 0. The smallest absolute Gasteiger partial charge is 0.327 e. The van der Waals surface area contributed by atoms with Gasteiger partial charge in [-0.2, -0.15) is 17.6 Å². The molecule has 0 saturated carbocycles. The third-order valence-electron chi connectivity index (χ3n) is 2.07. The summed E-state index contributed by atoms with van der Waals surface area (Å²) < 4.78 is 5.33. The monoisotopic (exact) mass is 238 g/mol. The molecule has 0 aliphatic carbocycles. The standard InChI is InChI=1S/C10H10N2O3S/c13-9(14)7(5-16)12-10-11-6-3-1-2-4-8(6)15-10/h1-4,7,16H,5H2,(H,11,12)(H,13,14). The van der Waals surface area contributed by atoms with Crippen molar-refractivity contribution in [2.45, 2.75) is 6.04 Å². The number of carboxylic acids is 1. The van der Waals surface area contributed by atoms with Crippen LogP contribution in [-0.2, 0) is 4.79 Å². The molecule has 2 aromatic rings. The zero-order valence-corrected chi connectivity index (χ0v) is 9.15. The molecule has 16 heavy (non-hydrogen) atoms. The molecule has 84 valence electrons. The average Bonchev–Trinajstić information content (AvgIpc) is 2.67. The van der Waals surface area contributed by atoms with Crippen LogP contribution in [0, 0.1) is 0 Å². The number of fused-ring (bicyclic) bond motifs is 1. The molecule has 0 bridgehead atoms. The van der Waals surface area contributed by atoms with Crippen LogP contribution in [0.2, 0.25) is 0 Å². The lowest BCUT2D eigenvalue weighted by atomic mass is 10.3. The topological polar surface area (TPSA) is 75.4 Å². The van der Waals surface area contributed by atoms with Gasteiger partial charge in [-0.15, -0.1) is 0 Å². The summed E-state index contributed by atoms with van der Waals surface area (Å²) in [5, 5.41) is 11.5. The van der Waals surface area contributed by atoms with Crippen LogP contribution in [0.1, 0.15) is 0 Å². The minimum absolute atomic E-state index is 0.161. The highest BCUT2D eigenvalue weighted by Gasteiger charge is 2.17. The van der Waals surface area contributed by atoms with E-state index >= 15 is 0 Å². The van der Waals surface area contributed by atoms with Crippen LogP contribution in [0.15, 0.2) is 28.7 Å². The predicted octanol–water partition coefficient (Wildman–Crippen LogP) is 1.62. The number of para-hydroxylation sites is 2. The number of thiol groups is 1. The molecule has 1 aromatic carbocycles. The molecule has 0 saturated heterocycles. The van der Waals surface area contributed by atoms with E-state index in [0.717, 1.165) is 0 Å². The second kappa shape index (κ2) is 4.44. The van der Waals surface area contributed by atoms with E-state index in [1.165, 1.54) is 0 Å². The molecule has 1 aromatic heterocycles. The van der Waals surface area contributed by atoms with Crippen molar-refractivity contribution >= 4 is 35.7 Å². The van der Waals surface area contributed by atoms with Gasteiger partial charge in [-0.3, -0.25) is 0 Å². The van der Waals surface area contributed by atoms with Crippen molar-refractivity contribution in [2.75, 3.05) is 11.1 Å². The highest BCUT2D eigenvalue weighted by atomic mass is 32.1. The number of aromatic nitrogens is 1. The van der Waals surface area contributed by atoms with E-state index in [9.17, 15) is 4.79 Å². The molecular formula is C10H10N2O3S. The Balaban J connectivity index is 2.24. The predicted molar refractivity (Wildman–Crippen MR) is 62.9 cm³/mol. The number of carboxylic acid groups (broad SMARTS) is 1. The van der Waals surface area contributed by atoms with E-state index in [2.05, 4.69) is 22.9 Å². The van der Waals surface area contributed by atoms with Gasteiger partial charge in [-0.1, -0.05) is 12.1 Å². The Morgan fingerprint density at radius 2 is 2.31 bits per heavy atom. The molecule has 1 heterocycles. The number of nitrogens with zero attached hydrogens (tertiary/aromatic N) is 1. The second-order valence-corrected chi connectivity index (χ2v) is 3.57. The number of aliphatic carboxylic acids is 1. The van der Waals surface area contributed by atoms with Gasteiger partial charge < -0.3 is 14.8 Å². The molecule has 5 nitrogen and oxygen atoms in total. The Morgan fingerprint density at radius 3 is 2.94 bits per heavy atom. The first kappa shape index (κ1) is 10.8. The van der Waals surface area contributed by atoms with E-state index in [4.69, 9.17) is 9.52 Å². The van der Waals surface area contributed by atoms with E-state index in [0.29, 0.717) is 11.1 Å². The zero-order chi connectivity index (χ0) is 11.5. The molecule has 2 N–H and O–H groups in total. The maximum absolute atomic E-state index is 10.8. The van der Waals surface area contributed by atoms with Crippen LogP contribution in [-0.4, -0.2) is 27.9 Å². The van der Waals surface area contributed by atoms with Crippen molar-refractivity contribution in [2.24, 2.45) is 0 Å². The van der Waals surface area contributed by atoms with Gasteiger partial charge in [-0.05, 0) is 12.1 Å². The highest BCUT2D eigenvalue weighted by Crippen LogP contribution is 2.18. The molecule has 0 fully saturated rings. The number of rotatable bonds is 4. The maximum atomic E-state index is 10.8. The van der Waals surface area contributed by atoms with Gasteiger partial charge in [0.15, 0.2) is 5.58 Å².